The van der Waals surface area contributed by atoms with Crippen molar-refractivity contribution < 1.29 is 0 Å². The molecule has 11 heavy (non-hydrogen) atoms. The Labute approximate surface area is 69.9 Å². The average molecular weight is 153 g/mol. The summed E-state index contributed by atoms with van der Waals surface area (Å²) in [6.07, 6.45) is 12.8. The van der Waals surface area contributed by atoms with E-state index in [1.807, 2.05) is 0 Å². The molecule has 1 N–H and O–H groups in total. The summed E-state index contributed by atoms with van der Waals surface area (Å²) in [5.74, 6) is 0. The molecule has 0 aromatic heterocycles. The topological polar surface area (TPSA) is 12.0 Å². The quantitative estimate of drug-likeness (QED) is 0.527. The monoisotopic (exact) mass is 153 g/mol. The third-order valence-corrected chi connectivity index (χ3v) is 2.15. The normalized spacial score (nSPS) is 22.5. The van der Waals surface area contributed by atoms with E-state index in [9.17, 15) is 0 Å². The summed E-state index contributed by atoms with van der Waals surface area (Å²) < 4.78 is 0. The predicted molar refractivity (Wildman–Crippen MR) is 49.7 cm³/mol. The van der Waals surface area contributed by atoms with E-state index in [1.165, 1.54) is 45.1 Å². The zero-order valence-corrected chi connectivity index (χ0v) is 7.31. The molecule has 0 fully saturated rings. The number of hydrogen-bond donors (Lipinski definition) is 1. The molecule has 0 bridgehead atoms. The van der Waals surface area contributed by atoms with E-state index in [4.69, 9.17) is 0 Å². The highest BCUT2D eigenvalue weighted by Crippen LogP contribution is 2.05. The molecule has 0 amide bonds. The summed E-state index contributed by atoms with van der Waals surface area (Å²) in [5.41, 5.74) is 0. The standard InChI is InChI=1S/C10H19N/c1-2-4-6-8-10-11-9-7-5-3-1/h5,7,11H,1-4,6,8-10H2. The van der Waals surface area contributed by atoms with Crippen LogP contribution in [0, 0.1) is 0 Å². The van der Waals surface area contributed by atoms with Gasteiger partial charge in [0.1, 0.15) is 0 Å². The fraction of sp³-hybridized carbons (Fsp3) is 0.800. The van der Waals surface area contributed by atoms with Gasteiger partial charge in [0.2, 0.25) is 0 Å². The van der Waals surface area contributed by atoms with Crippen molar-refractivity contribution in [2.45, 2.75) is 38.5 Å². The van der Waals surface area contributed by atoms with Crippen LogP contribution in [0.15, 0.2) is 12.2 Å². The minimum Gasteiger partial charge on any atom is -0.313 e. The second-order valence-corrected chi connectivity index (χ2v) is 3.23. The Balaban J connectivity index is 2.11. The van der Waals surface area contributed by atoms with Crippen LogP contribution in [0.5, 0.6) is 0 Å². The first-order valence-corrected chi connectivity index (χ1v) is 4.86. The van der Waals surface area contributed by atoms with Gasteiger partial charge >= 0.3 is 0 Å². The average Bonchev–Trinajstić information content (AvgIpc) is 2.08. The molecule has 0 aliphatic carbocycles. The van der Waals surface area contributed by atoms with Crippen molar-refractivity contribution in [3.05, 3.63) is 12.2 Å². The highest BCUT2D eigenvalue weighted by Gasteiger charge is 1.91. The van der Waals surface area contributed by atoms with Crippen LogP contribution in [0.25, 0.3) is 0 Å². The van der Waals surface area contributed by atoms with E-state index in [0.29, 0.717) is 0 Å². The molecule has 1 aliphatic heterocycles. The largest absolute Gasteiger partial charge is 0.313 e. The summed E-state index contributed by atoms with van der Waals surface area (Å²) in [4.78, 5) is 0. The lowest BCUT2D eigenvalue weighted by molar-refractivity contribution is 0.597. The Morgan fingerprint density at radius 1 is 0.818 bits per heavy atom. The number of rotatable bonds is 0. The van der Waals surface area contributed by atoms with Gasteiger partial charge in [0.25, 0.3) is 0 Å². The fourth-order valence-corrected chi connectivity index (χ4v) is 1.43. The van der Waals surface area contributed by atoms with E-state index in [1.54, 1.807) is 0 Å². The highest BCUT2D eigenvalue weighted by atomic mass is 14.8. The second-order valence-electron chi connectivity index (χ2n) is 3.23. The van der Waals surface area contributed by atoms with Crippen LogP contribution in [0.4, 0.5) is 0 Å². The van der Waals surface area contributed by atoms with Gasteiger partial charge in [-0.3, -0.25) is 0 Å². The summed E-state index contributed by atoms with van der Waals surface area (Å²) in [5, 5.41) is 3.40. The minimum atomic E-state index is 1.07. The first-order chi connectivity index (χ1) is 5.50. The maximum atomic E-state index is 3.40. The van der Waals surface area contributed by atoms with Gasteiger partial charge in [0.05, 0.1) is 0 Å². The van der Waals surface area contributed by atoms with Gasteiger partial charge in [-0.05, 0) is 25.8 Å². The van der Waals surface area contributed by atoms with Gasteiger partial charge < -0.3 is 5.32 Å². The Kier molecular flexibility index (Phi) is 5.13. The molecule has 0 unspecified atom stereocenters. The van der Waals surface area contributed by atoms with Crippen LogP contribution in [0.1, 0.15) is 38.5 Å². The van der Waals surface area contributed by atoms with E-state index >= 15 is 0 Å². The molecular weight excluding hydrogens is 134 g/mol. The lowest BCUT2D eigenvalue weighted by Crippen LogP contribution is -2.14. The van der Waals surface area contributed by atoms with Gasteiger partial charge in [-0.1, -0.05) is 31.4 Å². The Hall–Kier alpha value is -0.300. The van der Waals surface area contributed by atoms with Crippen molar-refractivity contribution in [3.8, 4) is 0 Å². The Morgan fingerprint density at radius 2 is 1.64 bits per heavy atom. The fourth-order valence-electron chi connectivity index (χ4n) is 1.43. The van der Waals surface area contributed by atoms with Crippen LogP contribution in [-0.2, 0) is 0 Å². The minimum absolute atomic E-state index is 1.07. The molecule has 1 nitrogen and oxygen atoms in total. The lowest BCUT2D eigenvalue weighted by Gasteiger charge is -1.99. The number of hydrogen-bond acceptors (Lipinski definition) is 1. The molecule has 64 valence electrons. The molecule has 1 heterocycles. The van der Waals surface area contributed by atoms with Crippen LogP contribution in [0.3, 0.4) is 0 Å². The first-order valence-electron chi connectivity index (χ1n) is 4.86. The molecule has 0 saturated carbocycles. The third-order valence-electron chi connectivity index (χ3n) is 2.15. The van der Waals surface area contributed by atoms with Crippen molar-refractivity contribution in [3.63, 3.8) is 0 Å². The Bertz CT molecular complexity index is 95.4. The molecule has 0 aromatic rings. The summed E-state index contributed by atoms with van der Waals surface area (Å²) in [7, 11) is 0. The summed E-state index contributed by atoms with van der Waals surface area (Å²) in [6, 6.07) is 0. The van der Waals surface area contributed by atoms with Gasteiger partial charge in [-0.15, -0.1) is 0 Å². The molecule has 1 rings (SSSR count). The van der Waals surface area contributed by atoms with Crippen LogP contribution < -0.4 is 5.32 Å². The number of allylic oxidation sites excluding steroid dienone is 1. The zero-order valence-electron chi connectivity index (χ0n) is 7.31. The van der Waals surface area contributed by atoms with E-state index in [2.05, 4.69) is 17.5 Å². The molecule has 0 saturated heterocycles. The van der Waals surface area contributed by atoms with E-state index in [0.717, 1.165) is 6.54 Å². The predicted octanol–water partition coefficient (Wildman–Crippen LogP) is 2.49. The second kappa shape index (κ2) is 6.41. The maximum absolute atomic E-state index is 3.40. The van der Waals surface area contributed by atoms with Crippen molar-refractivity contribution in [2.75, 3.05) is 13.1 Å². The molecular formula is C10H19N. The van der Waals surface area contributed by atoms with Gasteiger partial charge in [0.15, 0.2) is 0 Å². The van der Waals surface area contributed by atoms with Gasteiger partial charge in [-0.2, -0.15) is 0 Å². The van der Waals surface area contributed by atoms with Crippen LogP contribution >= 0.6 is 0 Å². The highest BCUT2D eigenvalue weighted by molar-refractivity contribution is 4.83. The first kappa shape index (κ1) is 8.79. The molecule has 0 spiro atoms. The smallest absolute Gasteiger partial charge is 0.0134 e. The molecule has 0 aromatic carbocycles. The van der Waals surface area contributed by atoms with Crippen LogP contribution in [0.2, 0.25) is 0 Å². The van der Waals surface area contributed by atoms with E-state index in [-0.39, 0.29) is 0 Å². The summed E-state index contributed by atoms with van der Waals surface area (Å²) in [6.45, 7) is 2.27. The van der Waals surface area contributed by atoms with Crippen LogP contribution in [-0.4, -0.2) is 13.1 Å². The summed E-state index contributed by atoms with van der Waals surface area (Å²) >= 11 is 0. The van der Waals surface area contributed by atoms with Crippen molar-refractivity contribution >= 4 is 0 Å². The number of nitrogens with one attached hydrogen (secondary N) is 1. The molecule has 1 aliphatic rings. The molecule has 0 atom stereocenters. The van der Waals surface area contributed by atoms with Crippen molar-refractivity contribution in [1.82, 2.24) is 5.32 Å². The SMILES string of the molecule is C1=CCNCCCCCCC1. The van der Waals surface area contributed by atoms with E-state index < -0.39 is 0 Å². The van der Waals surface area contributed by atoms with Gasteiger partial charge in [0, 0.05) is 6.54 Å². The maximum Gasteiger partial charge on any atom is 0.0134 e. The molecule has 0 radical (unpaired) electrons. The zero-order chi connectivity index (χ0) is 7.78. The van der Waals surface area contributed by atoms with Gasteiger partial charge in [-0.25, -0.2) is 0 Å². The Morgan fingerprint density at radius 3 is 2.64 bits per heavy atom. The molecule has 1 heteroatoms. The lowest BCUT2D eigenvalue weighted by atomic mass is 10.1. The third kappa shape index (κ3) is 5.02. The van der Waals surface area contributed by atoms with Crippen molar-refractivity contribution in [2.24, 2.45) is 0 Å². The van der Waals surface area contributed by atoms with Crippen molar-refractivity contribution in [1.29, 1.82) is 0 Å².